The van der Waals surface area contributed by atoms with Gasteiger partial charge in [-0.2, -0.15) is 0 Å². The Bertz CT molecular complexity index is 30.5. The van der Waals surface area contributed by atoms with E-state index >= 15 is 0 Å². The molecular formula is C2H4F2. The predicted molar refractivity (Wildman–Crippen MR) is 11.7 cm³/mol. The molecule has 0 unspecified atom stereocenters. The van der Waals surface area contributed by atoms with Crippen LogP contribution in [-0.2, 0) is 0 Å². The first kappa shape index (κ1) is 1.34. The highest BCUT2D eigenvalue weighted by Crippen LogP contribution is 1.82. The van der Waals surface area contributed by atoms with Crippen molar-refractivity contribution in [3.63, 3.8) is 0 Å². The van der Waals surface area contributed by atoms with Crippen LogP contribution in [0.1, 0.15) is 9.62 Å². The summed E-state index contributed by atoms with van der Waals surface area (Å²) in [6.07, 6.45) is -2.81. The highest BCUT2D eigenvalue weighted by Gasteiger charge is 1.79. The van der Waals surface area contributed by atoms with Crippen LogP contribution in [0.4, 0.5) is 8.78 Å². The van der Waals surface area contributed by atoms with Gasteiger partial charge in [0.15, 0.2) is 0 Å². The molecule has 0 radical (unpaired) electrons. The van der Waals surface area contributed by atoms with Crippen LogP contribution in [0.15, 0.2) is 0 Å². The van der Waals surface area contributed by atoms with Crippen molar-refractivity contribution in [1.29, 1.82) is 0 Å². The molecule has 2 heteroatoms. The van der Waals surface area contributed by atoms with E-state index in [1.165, 1.54) is 0 Å². The molecule has 26 valence electrons. The van der Waals surface area contributed by atoms with Gasteiger partial charge in [-0.3, -0.25) is 0 Å². The van der Waals surface area contributed by atoms with Gasteiger partial charge in [0.05, 0.1) is 0 Å². The molecule has 0 aromatic carbocycles. The molecule has 4 heavy (non-hydrogen) atoms. The first-order valence-electron chi connectivity index (χ1n) is 1.92. The molecule has 0 rings (SSSR count). The van der Waals surface area contributed by atoms with Crippen LogP contribution in [0.25, 0.3) is 0 Å². The highest BCUT2D eigenvalue weighted by atomic mass is 19.3. The van der Waals surface area contributed by atoms with Gasteiger partial charge >= 0.3 is 0 Å². The van der Waals surface area contributed by atoms with Crippen molar-refractivity contribution in [3.05, 3.63) is 0 Å². The third kappa shape index (κ3) is 70.2. The van der Waals surface area contributed by atoms with Gasteiger partial charge in [-0.1, -0.05) is 0 Å². The summed E-state index contributed by atoms with van der Waals surface area (Å²) < 4.78 is 33.5. The maximum Gasteiger partial charge on any atom is 0.235 e. The van der Waals surface area contributed by atoms with Crippen LogP contribution >= 0.6 is 0 Å². The summed E-state index contributed by atoms with van der Waals surface area (Å²) >= 11 is 0. The summed E-state index contributed by atoms with van der Waals surface area (Å²) in [4.78, 5) is 0. The van der Waals surface area contributed by atoms with Gasteiger partial charge in [-0.15, -0.1) is 0 Å². The molecule has 0 heterocycles. The Labute approximate surface area is 26.2 Å². The molecule has 0 saturated carbocycles. The predicted octanol–water partition coefficient (Wildman–Crippen LogP) is 1.27. The number of rotatable bonds is 0. The van der Waals surface area contributed by atoms with Crippen molar-refractivity contribution in [2.45, 2.75) is 13.3 Å². The minimum Gasteiger partial charge on any atom is -0.211 e. The fourth-order valence-corrected chi connectivity index (χ4v) is 0. The molecule has 0 aromatic heterocycles. The molecule has 0 atom stereocenters. The molecule has 0 aliphatic carbocycles. The van der Waals surface area contributed by atoms with Gasteiger partial charge in [0.2, 0.25) is 6.43 Å². The quantitative estimate of drug-likeness (QED) is 0.401. The molecule has 0 bridgehead atoms. The van der Waals surface area contributed by atoms with Crippen LogP contribution in [-0.4, -0.2) is 6.43 Å². The van der Waals surface area contributed by atoms with Gasteiger partial charge in [-0.25, -0.2) is 8.78 Å². The monoisotopic (exact) mass is 68.0 g/mol. The summed E-state index contributed by atoms with van der Waals surface area (Å²) in [6.45, 7) is -1.98. The van der Waals surface area contributed by atoms with Crippen LogP contribution < -0.4 is 0 Å². The van der Waals surface area contributed by atoms with Crippen molar-refractivity contribution in [2.24, 2.45) is 0 Å². The summed E-state index contributed by atoms with van der Waals surface area (Å²) in [7, 11) is 0. The SMILES string of the molecule is [2H]C([2H])C(F)F. The molecule has 0 aliphatic rings. The van der Waals surface area contributed by atoms with Crippen molar-refractivity contribution in [1.82, 2.24) is 0 Å². The summed E-state index contributed by atoms with van der Waals surface area (Å²) in [6, 6.07) is 0. The zero-order valence-corrected chi connectivity index (χ0v) is 1.91. The third-order valence-corrected chi connectivity index (χ3v) is 0. The Hall–Kier alpha value is -0.140. The number of hydrogen-bond donors (Lipinski definition) is 0. The molecule has 0 fully saturated rings. The Balaban J connectivity index is 2.99. The first-order chi connectivity index (χ1) is 2.64. The van der Waals surface area contributed by atoms with E-state index < -0.39 is 13.3 Å². The lowest BCUT2D eigenvalue weighted by atomic mass is 10.9. The zero-order chi connectivity index (χ0) is 5.15. The average molecular weight is 68.1 g/mol. The van der Waals surface area contributed by atoms with E-state index in [-0.39, 0.29) is 0 Å². The third-order valence-electron chi connectivity index (χ3n) is 0. The second kappa shape index (κ2) is 1.21. The standard InChI is InChI=1S/C2H4F2/c1-2(3)4/h2H,1H3/i1D2. The van der Waals surface area contributed by atoms with Gasteiger partial charge in [0.1, 0.15) is 0 Å². The molecule has 0 N–H and O–H groups in total. The molecule has 0 aliphatic heterocycles. The largest absolute Gasteiger partial charge is 0.235 e. The second-order valence-electron chi connectivity index (χ2n) is 0.334. The normalized spacial score (nSPS) is 17.0. The summed E-state index contributed by atoms with van der Waals surface area (Å²) in [5, 5.41) is 0. The fraction of sp³-hybridized carbons (Fsp3) is 1.00. The van der Waals surface area contributed by atoms with E-state index in [1.807, 2.05) is 0 Å². The molecule has 0 aromatic rings. The Morgan fingerprint density at radius 3 is 2.25 bits per heavy atom. The van der Waals surface area contributed by atoms with E-state index in [4.69, 9.17) is 2.74 Å². The van der Waals surface area contributed by atoms with Crippen LogP contribution in [0, 0.1) is 0 Å². The van der Waals surface area contributed by atoms with Gasteiger partial charge < -0.3 is 0 Å². The molecular weight excluding hydrogens is 62.0 g/mol. The zero-order valence-electron chi connectivity index (χ0n) is 3.91. The number of halogens is 2. The Morgan fingerprint density at radius 2 is 2.25 bits per heavy atom. The lowest BCUT2D eigenvalue weighted by Crippen LogP contribution is -1.69. The molecule has 0 saturated heterocycles. The maximum absolute atomic E-state index is 10.8. The maximum atomic E-state index is 10.8. The van der Waals surface area contributed by atoms with E-state index in [9.17, 15) is 8.78 Å². The highest BCUT2D eigenvalue weighted by molar-refractivity contribution is 4.06. The van der Waals surface area contributed by atoms with Gasteiger partial charge in [0, 0.05) is 2.74 Å². The van der Waals surface area contributed by atoms with E-state index in [0.29, 0.717) is 0 Å². The molecule has 0 nitrogen and oxygen atoms in total. The Morgan fingerprint density at radius 1 is 2.00 bits per heavy atom. The summed E-state index contributed by atoms with van der Waals surface area (Å²) in [5.41, 5.74) is 0. The minimum absolute atomic E-state index is 1.98. The fourth-order valence-electron chi connectivity index (χ4n) is 0. The molecule has 0 amide bonds. The van der Waals surface area contributed by atoms with Gasteiger partial charge in [-0.05, 0) is 6.88 Å². The summed E-state index contributed by atoms with van der Waals surface area (Å²) in [5.74, 6) is 0. The van der Waals surface area contributed by atoms with Crippen LogP contribution in [0.3, 0.4) is 0 Å². The van der Waals surface area contributed by atoms with E-state index in [2.05, 4.69) is 0 Å². The first-order valence-corrected chi connectivity index (χ1v) is 0.770. The van der Waals surface area contributed by atoms with Crippen molar-refractivity contribution < 1.29 is 11.5 Å². The lowest BCUT2D eigenvalue weighted by Gasteiger charge is -1.70. The second-order valence-corrected chi connectivity index (χ2v) is 0.334. The minimum atomic E-state index is -2.81. The van der Waals surface area contributed by atoms with E-state index in [1.54, 1.807) is 0 Å². The van der Waals surface area contributed by atoms with Crippen LogP contribution in [0.2, 0.25) is 0 Å². The number of hydrogen-bond acceptors (Lipinski definition) is 0. The van der Waals surface area contributed by atoms with Gasteiger partial charge in [0.25, 0.3) is 0 Å². The molecule has 0 spiro atoms. The average Bonchev–Trinajstić information content (AvgIpc) is 1.36. The topological polar surface area (TPSA) is 0 Å². The smallest absolute Gasteiger partial charge is 0.211 e. The number of alkyl halides is 2. The Kier molecular flexibility index (Phi) is 0.404. The van der Waals surface area contributed by atoms with Crippen molar-refractivity contribution >= 4 is 0 Å². The van der Waals surface area contributed by atoms with Crippen molar-refractivity contribution in [3.8, 4) is 0 Å². The lowest BCUT2D eigenvalue weighted by molar-refractivity contribution is 0.171. The van der Waals surface area contributed by atoms with Crippen molar-refractivity contribution in [2.75, 3.05) is 0 Å². The van der Waals surface area contributed by atoms with Crippen LogP contribution in [0.5, 0.6) is 0 Å². The van der Waals surface area contributed by atoms with E-state index in [0.717, 1.165) is 0 Å².